The molecule has 0 unspecified atom stereocenters. The number of alkyl halides is 3. The molecule has 1 heterocycles. The summed E-state index contributed by atoms with van der Waals surface area (Å²) in [5.74, 6) is 0.310. The van der Waals surface area contributed by atoms with Crippen LogP contribution in [0.4, 0.5) is 13.2 Å². The van der Waals surface area contributed by atoms with Crippen molar-refractivity contribution in [1.82, 2.24) is 4.98 Å². The van der Waals surface area contributed by atoms with Crippen LogP contribution in [0.2, 0.25) is 5.02 Å². The predicted octanol–water partition coefficient (Wildman–Crippen LogP) is 4.51. The largest absolute Gasteiger partial charge is 0.438 e. The standard InChI is InChI=1S/C12H8ClF3N2OS/c13-10-5-7(12(14,15)16)6-18-11(10)19-8-1-3-9(20-17)4-2-8/h1-6H,17H2. The number of aromatic nitrogens is 1. The van der Waals surface area contributed by atoms with E-state index in [0.29, 0.717) is 11.9 Å². The molecule has 2 rings (SSSR count). The fourth-order valence-electron chi connectivity index (χ4n) is 1.35. The van der Waals surface area contributed by atoms with Crippen LogP contribution < -0.4 is 9.88 Å². The number of rotatable bonds is 3. The third-order valence-corrected chi connectivity index (χ3v) is 3.12. The van der Waals surface area contributed by atoms with Gasteiger partial charge < -0.3 is 4.74 Å². The maximum atomic E-state index is 12.5. The second kappa shape index (κ2) is 5.90. The fourth-order valence-corrected chi connectivity index (χ4v) is 1.85. The molecule has 2 aromatic rings. The summed E-state index contributed by atoms with van der Waals surface area (Å²) < 4.78 is 42.7. The molecule has 3 nitrogen and oxygen atoms in total. The Hall–Kier alpha value is -1.44. The van der Waals surface area contributed by atoms with Gasteiger partial charge in [0.1, 0.15) is 10.8 Å². The summed E-state index contributed by atoms with van der Waals surface area (Å²) in [4.78, 5) is 4.40. The van der Waals surface area contributed by atoms with Crippen molar-refractivity contribution < 1.29 is 17.9 Å². The molecule has 8 heteroatoms. The Morgan fingerprint density at radius 2 is 1.85 bits per heavy atom. The smallest absolute Gasteiger partial charge is 0.417 e. The van der Waals surface area contributed by atoms with E-state index in [1.165, 1.54) is 0 Å². The molecule has 20 heavy (non-hydrogen) atoms. The first-order chi connectivity index (χ1) is 9.40. The lowest BCUT2D eigenvalue weighted by Crippen LogP contribution is -2.05. The highest BCUT2D eigenvalue weighted by atomic mass is 35.5. The second-order valence-corrected chi connectivity index (χ2v) is 4.81. The lowest BCUT2D eigenvalue weighted by Gasteiger charge is -2.10. The van der Waals surface area contributed by atoms with Crippen molar-refractivity contribution in [3.8, 4) is 11.6 Å². The van der Waals surface area contributed by atoms with Crippen LogP contribution in [-0.4, -0.2) is 4.98 Å². The maximum Gasteiger partial charge on any atom is 0.417 e. The third-order valence-electron chi connectivity index (χ3n) is 2.31. The van der Waals surface area contributed by atoms with E-state index < -0.39 is 11.7 Å². The molecule has 106 valence electrons. The van der Waals surface area contributed by atoms with Crippen LogP contribution in [0.25, 0.3) is 0 Å². The van der Waals surface area contributed by atoms with Gasteiger partial charge >= 0.3 is 6.18 Å². The van der Waals surface area contributed by atoms with Crippen molar-refractivity contribution in [2.24, 2.45) is 5.14 Å². The lowest BCUT2D eigenvalue weighted by atomic mass is 10.3. The summed E-state index contributed by atoms with van der Waals surface area (Å²) in [6.07, 6.45) is -3.82. The molecule has 0 aliphatic rings. The zero-order chi connectivity index (χ0) is 14.8. The fraction of sp³-hybridized carbons (Fsp3) is 0.0833. The van der Waals surface area contributed by atoms with Gasteiger partial charge in [0.05, 0.1) is 5.56 Å². The van der Waals surface area contributed by atoms with Gasteiger partial charge in [0.25, 0.3) is 0 Å². The summed E-state index contributed by atoms with van der Waals surface area (Å²) >= 11 is 6.80. The molecule has 0 amide bonds. The van der Waals surface area contributed by atoms with Gasteiger partial charge in [0.15, 0.2) is 0 Å². The van der Waals surface area contributed by atoms with E-state index in [-0.39, 0.29) is 10.9 Å². The molecular weight excluding hydrogens is 313 g/mol. The minimum Gasteiger partial charge on any atom is -0.438 e. The Bertz CT molecular complexity index is 605. The van der Waals surface area contributed by atoms with Gasteiger partial charge in [-0.3, -0.25) is 5.14 Å². The first kappa shape index (κ1) is 15.0. The van der Waals surface area contributed by atoms with Gasteiger partial charge in [-0.2, -0.15) is 13.2 Å². The first-order valence-electron chi connectivity index (χ1n) is 5.27. The Morgan fingerprint density at radius 1 is 1.20 bits per heavy atom. The molecular formula is C12H8ClF3N2OS. The Kier molecular flexibility index (Phi) is 4.42. The number of pyridine rings is 1. The molecule has 0 fully saturated rings. The third kappa shape index (κ3) is 3.56. The number of nitrogens with zero attached hydrogens (tertiary/aromatic N) is 1. The normalized spacial score (nSPS) is 11.4. The van der Waals surface area contributed by atoms with Crippen molar-refractivity contribution in [1.29, 1.82) is 0 Å². The van der Waals surface area contributed by atoms with Crippen LogP contribution in [0.15, 0.2) is 41.4 Å². The zero-order valence-electron chi connectivity index (χ0n) is 9.82. The van der Waals surface area contributed by atoms with E-state index in [1.54, 1.807) is 24.3 Å². The summed E-state index contributed by atoms with van der Waals surface area (Å²) in [6.45, 7) is 0. The minimum absolute atomic E-state index is 0.0900. The molecule has 2 N–H and O–H groups in total. The molecule has 0 atom stereocenters. The zero-order valence-corrected chi connectivity index (χ0v) is 11.4. The number of benzene rings is 1. The van der Waals surface area contributed by atoms with E-state index in [9.17, 15) is 13.2 Å². The number of ether oxygens (including phenoxy) is 1. The SMILES string of the molecule is NSc1ccc(Oc2ncc(C(F)(F)F)cc2Cl)cc1. The lowest BCUT2D eigenvalue weighted by molar-refractivity contribution is -0.137. The molecule has 0 spiro atoms. The molecule has 0 saturated carbocycles. The van der Waals surface area contributed by atoms with Gasteiger partial charge in [-0.15, -0.1) is 0 Å². The van der Waals surface area contributed by atoms with Crippen molar-refractivity contribution >= 4 is 23.5 Å². The molecule has 1 aromatic carbocycles. The van der Waals surface area contributed by atoms with Crippen molar-refractivity contribution in [3.05, 3.63) is 47.1 Å². The second-order valence-electron chi connectivity index (χ2n) is 3.70. The number of nitrogens with two attached hydrogens (primary N) is 1. The molecule has 0 aliphatic carbocycles. The van der Waals surface area contributed by atoms with E-state index in [0.717, 1.165) is 22.9 Å². The summed E-state index contributed by atoms with van der Waals surface area (Å²) in [5.41, 5.74) is -0.926. The summed E-state index contributed by atoms with van der Waals surface area (Å²) in [7, 11) is 0. The quantitative estimate of drug-likeness (QED) is 0.845. The molecule has 0 aliphatic heterocycles. The van der Waals surface area contributed by atoms with Gasteiger partial charge in [0, 0.05) is 11.1 Å². The number of hydrogen-bond donors (Lipinski definition) is 1. The Labute approximate surface area is 122 Å². The topological polar surface area (TPSA) is 48.1 Å². The van der Waals surface area contributed by atoms with Gasteiger partial charge in [-0.25, -0.2) is 4.98 Å². The van der Waals surface area contributed by atoms with Crippen LogP contribution in [0, 0.1) is 0 Å². The summed E-state index contributed by atoms with van der Waals surface area (Å²) in [6, 6.07) is 7.42. The van der Waals surface area contributed by atoms with E-state index in [2.05, 4.69) is 4.98 Å². The first-order valence-corrected chi connectivity index (χ1v) is 6.53. The van der Waals surface area contributed by atoms with Gasteiger partial charge in [-0.05, 0) is 42.3 Å². The average Bonchev–Trinajstić information content (AvgIpc) is 2.41. The maximum absolute atomic E-state index is 12.5. The van der Waals surface area contributed by atoms with Crippen molar-refractivity contribution in [2.45, 2.75) is 11.1 Å². The molecule has 0 bridgehead atoms. The van der Waals surface area contributed by atoms with E-state index in [1.807, 2.05) is 0 Å². The molecule has 1 aromatic heterocycles. The van der Waals surface area contributed by atoms with Gasteiger partial charge in [0.2, 0.25) is 5.88 Å². The molecule has 0 saturated heterocycles. The molecule has 0 radical (unpaired) electrons. The van der Waals surface area contributed by atoms with E-state index >= 15 is 0 Å². The van der Waals surface area contributed by atoms with E-state index in [4.69, 9.17) is 21.5 Å². The van der Waals surface area contributed by atoms with Crippen LogP contribution in [0.1, 0.15) is 5.56 Å². The monoisotopic (exact) mass is 320 g/mol. The van der Waals surface area contributed by atoms with Crippen LogP contribution in [-0.2, 0) is 6.18 Å². The van der Waals surface area contributed by atoms with Crippen LogP contribution in [0.3, 0.4) is 0 Å². The van der Waals surface area contributed by atoms with Crippen LogP contribution >= 0.6 is 23.5 Å². The Morgan fingerprint density at radius 3 is 2.35 bits per heavy atom. The highest BCUT2D eigenvalue weighted by Crippen LogP contribution is 2.34. The van der Waals surface area contributed by atoms with Crippen LogP contribution in [0.5, 0.6) is 11.6 Å². The summed E-state index contributed by atoms with van der Waals surface area (Å²) in [5, 5.41) is 5.16. The highest BCUT2D eigenvalue weighted by molar-refractivity contribution is 7.97. The number of hydrogen-bond acceptors (Lipinski definition) is 4. The highest BCUT2D eigenvalue weighted by Gasteiger charge is 2.31. The van der Waals surface area contributed by atoms with Crippen molar-refractivity contribution in [3.63, 3.8) is 0 Å². The number of halogens is 4. The average molecular weight is 321 g/mol. The Balaban J connectivity index is 2.21. The minimum atomic E-state index is -4.49. The van der Waals surface area contributed by atoms with Crippen molar-refractivity contribution in [2.75, 3.05) is 0 Å². The predicted molar refractivity (Wildman–Crippen MR) is 70.8 cm³/mol. The van der Waals surface area contributed by atoms with Gasteiger partial charge in [-0.1, -0.05) is 11.6 Å².